The summed E-state index contributed by atoms with van der Waals surface area (Å²) in [6, 6.07) is 0. The van der Waals surface area contributed by atoms with E-state index in [1.807, 2.05) is 0 Å². The molecule has 16 nitrogen and oxygen atoms in total. The standard InChI is InChI=1S/C8H11N3O3S.C6H15N.C5H12O2S.C3N4O3/c1-8(2,13)5(12)4-15-7-6(9-3)10-14-11-7;1-4-7(5-2)6-3;1-5(2,7)4(6)3-8;1-4-2-3(7(8)9)6-10-5-2/h5,12-13H,4H2,1-2H3;4-6H2,1-3H3;4,6-8H,3H2,1-2H3;. The van der Waals surface area contributed by atoms with Crippen molar-refractivity contribution in [2.75, 3.05) is 31.1 Å². The van der Waals surface area contributed by atoms with E-state index in [9.17, 15) is 20.3 Å². The predicted octanol–water partition coefficient (Wildman–Crippen LogP) is 2.77. The van der Waals surface area contributed by atoms with E-state index in [1.165, 1.54) is 33.5 Å². The Hall–Kier alpha value is -2.84. The first kappa shape index (κ1) is 39.3. The Kier molecular flexibility index (Phi) is 19.7. The molecule has 2 atom stereocenters. The van der Waals surface area contributed by atoms with E-state index >= 15 is 0 Å². The van der Waals surface area contributed by atoms with Crippen LogP contribution < -0.4 is 0 Å². The van der Waals surface area contributed by atoms with Crippen molar-refractivity contribution in [3.63, 3.8) is 0 Å². The summed E-state index contributed by atoms with van der Waals surface area (Å²) in [6.45, 7) is 29.3. The summed E-state index contributed by atoms with van der Waals surface area (Å²) in [6.07, 6.45) is -1.64. The van der Waals surface area contributed by atoms with Crippen LogP contribution in [0.2, 0.25) is 0 Å². The van der Waals surface area contributed by atoms with Gasteiger partial charge in [0.2, 0.25) is 5.16 Å². The van der Waals surface area contributed by atoms with Gasteiger partial charge in [-0.1, -0.05) is 33.9 Å². The molecule has 2 aromatic rings. The summed E-state index contributed by atoms with van der Waals surface area (Å²) in [5.41, 5.74) is -2.19. The minimum atomic E-state index is -1.18. The highest BCUT2D eigenvalue weighted by atomic mass is 32.2. The quantitative estimate of drug-likeness (QED) is 0.0865. The van der Waals surface area contributed by atoms with E-state index in [-0.39, 0.29) is 11.6 Å². The number of thiol groups is 1. The van der Waals surface area contributed by atoms with Crippen molar-refractivity contribution < 1.29 is 34.6 Å². The molecule has 2 unspecified atom stereocenters. The maximum atomic E-state index is 9.94. The van der Waals surface area contributed by atoms with Crippen molar-refractivity contribution in [3.05, 3.63) is 32.9 Å². The number of aromatic nitrogens is 4. The molecule has 0 aliphatic carbocycles. The monoisotopic (exact) mass is 606 g/mol. The van der Waals surface area contributed by atoms with Crippen LogP contribution in [0.3, 0.4) is 0 Å². The Morgan fingerprint density at radius 1 is 0.950 bits per heavy atom. The fraction of sp³-hybridized carbons (Fsp3) is 0.727. The smallest absolute Gasteiger partial charge is 0.389 e. The Labute approximate surface area is 242 Å². The van der Waals surface area contributed by atoms with E-state index < -0.39 is 40.0 Å². The van der Waals surface area contributed by atoms with Crippen LogP contribution in [0.1, 0.15) is 48.5 Å². The van der Waals surface area contributed by atoms with Gasteiger partial charge < -0.3 is 45.1 Å². The van der Waals surface area contributed by atoms with Gasteiger partial charge in [-0.25, -0.2) is 0 Å². The molecule has 0 aliphatic heterocycles. The Morgan fingerprint density at radius 3 is 1.70 bits per heavy atom. The molecule has 0 spiro atoms. The SMILES string of the molecule is CC(C)(O)C(O)CS.CCN(CC)CC.[C-]#[N+]c1nonc1SCC(O)C(C)(C)O.[C-]#[N+]c1nonc1[N+](=O)[O-]. The number of aliphatic hydroxyl groups excluding tert-OH is 2. The third-order valence-electron chi connectivity index (χ3n) is 4.81. The van der Waals surface area contributed by atoms with Gasteiger partial charge in [0.05, 0.1) is 23.4 Å². The minimum Gasteiger partial charge on any atom is -0.389 e. The molecule has 226 valence electrons. The molecule has 0 fully saturated rings. The molecule has 2 heterocycles. The molecule has 0 amide bonds. The Balaban J connectivity index is 0. The highest BCUT2D eigenvalue weighted by molar-refractivity contribution is 7.99. The lowest BCUT2D eigenvalue weighted by Gasteiger charge is -2.23. The van der Waals surface area contributed by atoms with Gasteiger partial charge in [-0.3, -0.25) is 0 Å². The normalized spacial score (nSPS) is 12.3. The molecule has 2 rings (SSSR count). The van der Waals surface area contributed by atoms with E-state index in [0.717, 1.165) is 11.8 Å². The lowest BCUT2D eigenvalue weighted by molar-refractivity contribution is -0.389. The van der Waals surface area contributed by atoms with Crippen LogP contribution in [0.4, 0.5) is 17.5 Å². The first-order chi connectivity index (χ1) is 18.5. The molecule has 0 saturated carbocycles. The lowest BCUT2D eigenvalue weighted by atomic mass is 10.0. The molecular formula is C22H38N8O8S2. The van der Waals surface area contributed by atoms with Gasteiger partial charge in [-0.05, 0) is 62.0 Å². The number of thioether (sulfide) groups is 1. The lowest BCUT2D eigenvalue weighted by Crippen LogP contribution is -2.37. The molecule has 18 heteroatoms. The number of rotatable bonds is 10. The van der Waals surface area contributed by atoms with Crippen molar-refractivity contribution in [1.82, 2.24) is 25.5 Å². The van der Waals surface area contributed by atoms with Crippen molar-refractivity contribution in [2.24, 2.45) is 0 Å². The first-order valence-electron chi connectivity index (χ1n) is 11.8. The summed E-state index contributed by atoms with van der Waals surface area (Å²) in [7, 11) is 0. The number of nitro groups is 1. The van der Waals surface area contributed by atoms with Gasteiger partial charge in [0.15, 0.2) is 5.03 Å². The van der Waals surface area contributed by atoms with Crippen LogP contribution in [-0.4, -0.2) is 105 Å². The molecule has 0 saturated heterocycles. The number of hydrogen-bond donors (Lipinski definition) is 5. The van der Waals surface area contributed by atoms with Crippen LogP contribution in [0.5, 0.6) is 0 Å². The van der Waals surface area contributed by atoms with Gasteiger partial charge in [-0.15, -0.1) is 11.8 Å². The van der Waals surface area contributed by atoms with Crippen LogP contribution in [0.25, 0.3) is 9.69 Å². The van der Waals surface area contributed by atoms with Crippen LogP contribution in [-0.2, 0) is 0 Å². The summed E-state index contributed by atoms with van der Waals surface area (Å²) >= 11 is 4.92. The largest absolute Gasteiger partial charge is 0.447 e. The average molecular weight is 607 g/mol. The molecule has 0 aliphatic rings. The van der Waals surface area contributed by atoms with E-state index in [4.69, 9.17) is 23.4 Å². The maximum Gasteiger partial charge on any atom is 0.447 e. The average Bonchev–Trinajstić information content (AvgIpc) is 3.57. The van der Waals surface area contributed by atoms with Crippen molar-refractivity contribution >= 4 is 41.8 Å². The number of hydrogen-bond acceptors (Lipinski definition) is 15. The topological polar surface area (TPSA) is 214 Å². The molecule has 0 radical (unpaired) electrons. The maximum absolute atomic E-state index is 9.94. The second-order valence-electron chi connectivity index (χ2n) is 8.74. The third kappa shape index (κ3) is 16.3. The van der Waals surface area contributed by atoms with E-state index in [0.29, 0.717) is 10.8 Å². The van der Waals surface area contributed by atoms with Gasteiger partial charge >= 0.3 is 17.5 Å². The highest BCUT2D eigenvalue weighted by Gasteiger charge is 2.26. The van der Waals surface area contributed by atoms with Crippen molar-refractivity contribution in [2.45, 2.75) is 76.9 Å². The van der Waals surface area contributed by atoms with Crippen molar-refractivity contribution in [3.8, 4) is 0 Å². The van der Waals surface area contributed by atoms with E-state index in [2.05, 4.69) is 77.9 Å². The molecule has 0 aromatic carbocycles. The number of aliphatic hydroxyl groups is 4. The summed E-state index contributed by atoms with van der Waals surface area (Å²) in [4.78, 5) is 17.3. The van der Waals surface area contributed by atoms with Crippen LogP contribution in [0.15, 0.2) is 14.3 Å². The number of nitrogens with zero attached hydrogens (tertiary/aromatic N) is 8. The highest BCUT2D eigenvalue weighted by Crippen LogP contribution is 2.27. The molecular weight excluding hydrogens is 568 g/mol. The fourth-order valence-corrected chi connectivity index (χ4v) is 3.42. The van der Waals surface area contributed by atoms with Gasteiger partial charge in [-0.2, -0.15) is 17.3 Å². The fourth-order valence-electron chi connectivity index (χ4n) is 1.96. The zero-order valence-corrected chi connectivity index (χ0v) is 25.3. The van der Waals surface area contributed by atoms with Gasteiger partial charge in [0.1, 0.15) is 10.3 Å². The van der Waals surface area contributed by atoms with E-state index in [1.54, 1.807) is 13.8 Å². The Bertz CT molecular complexity index is 1050. The van der Waals surface area contributed by atoms with Gasteiger partial charge in [0.25, 0.3) is 0 Å². The molecule has 4 N–H and O–H groups in total. The van der Waals surface area contributed by atoms with Crippen LogP contribution >= 0.6 is 24.4 Å². The first-order valence-corrected chi connectivity index (χ1v) is 13.5. The Morgan fingerprint density at radius 2 is 1.40 bits per heavy atom. The van der Waals surface area contributed by atoms with Crippen molar-refractivity contribution in [1.29, 1.82) is 0 Å². The molecule has 40 heavy (non-hydrogen) atoms. The third-order valence-corrected chi connectivity index (χ3v) is 6.16. The zero-order chi connectivity index (χ0) is 31.5. The summed E-state index contributed by atoms with van der Waals surface area (Å²) < 4.78 is 8.32. The molecule has 2 aromatic heterocycles. The second kappa shape index (κ2) is 20.1. The summed E-state index contributed by atoms with van der Waals surface area (Å²) in [5, 5.41) is 59.8. The zero-order valence-electron chi connectivity index (χ0n) is 23.5. The minimum absolute atomic E-state index is 0.0722. The molecule has 0 bridgehead atoms. The van der Waals surface area contributed by atoms with Gasteiger partial charge in [0, 0.05) is 11.5 Å². The summed E-state index contributed by atoms with van der Waals surface area (Å²) in [5.74, 6) is -0.480. The predicted molar refractivity (Wildman–Crippen MR) is 150 cm³/mol. The van der Waals surface area contributed by atoms with Crippen LogP contribution in [0, 0.1) is 23.3 Å². The second-order valence-corrected chi connectivity index (χ2v) is 10.1.